The second-order valence-electron chi connectivity index (χ2n) is 3.61. The van der Waals surface area contributed by atoms with Crippen LogP contribution in [0.15, 0.2) is 36.5 Å². The van der Waals surface area contributed by atoms with Gasteiger partial charge in [0.25, 0.3) is 0 Å². The summed E-state index contributed by atoms with van der Waals surface area (Å²) in [5, 5.41) is 8.69. The van der Waals surface area contributed by atoms with E-state index in [0.717, 1.165) is 6.42 Å². The molecule has 0 bridgehead atoms. The maximum Gasteiger partial charge on any atom is 0.178 e. The summed E-state index contributed by atoms with van der Waals surface area (Å²) in [7, 11) is 0. The van der Waals surface area contributed by atoms with Gasteiger partial charge in [-0.1, -0.05) is 30.2 Å². The van der Waals surface area contributed by atoms with Gasteiger partial charge in [-0.25, -0.2) is 0 Å². The SMILES string of the molecule is O=C1C=CC(CC#CBr)(C/C=C\CO)C=C1. The Morgan fingerprint density at radius 1 is 1.38 bits per heavy atom. The number of ketones is 1. The number of hydrogen-bond donors (Lipinski definition) is 1. The van der Waals surface area contributed by atoms with Crippen molar-refractivity contribution in [1.29, 1.82) is 0 Å². The number of rotatable bonds is 4. The molecule has 0 spiro atoms. The number of carbonyl (C=O) groups is 1. The molecule has 2 nitrogen and oxygen atoms in total. The van der Waals surface area contributed by atoms with Crippen LogP contribution >= 0.6 is 15.9 Å². The molecule has 1 aliphatic carbocycles. The Kier molecular flexibility index (Phi) is 5.24. The molecule has 0 radical (unpaired) electrons. The van der Waals surface area contributed by atoms with Gasteiger partial charge in [0, 0.05) is 27.8 Å². The van der Waals surface area contributed by atoms with Crippen molar-refractivity contribution in [2.45, 2.75) is 12.8 Å². The Morgan fingerprint density at radius 3 is 2.62 bits per heavy atom. The minimum Gasteiger partial charge on any atom is -0.392 e. The third-order valence-corrected chi connectivity index (χ3v) is 2.69. The van der Waals surface area contributed by atoms with Crippen LogP contribution in [0.4, 0.5) is 0 Å². The molecule has 0 atom stereocenters. The molecule has 0 aromatic heterocycles. The van der Waals surface area contributed by atoms with Crippen LogP contribution in [0.2, 0.25) is 0 Å². The van der Waals surface area contributed by atoms with Gasteiger partial charge in [-0.15, -0.1) is 0 Å². The van der Waals surface area contributed by atoms with Crippen LogP contribution in [0.25, 0.3) is 0 Å². The van der Waals surface area contributed by atoms with Crippen LogP contribution in [-0.2, 0) is 4.79 Å². The lowest BCUT2D eigenvalue weighted by Gasteiger charge is -2.25. The fraction of sp³-hybridized carbons (Fsp3) is 0.308. The molecule has 84 valence electrons. The molecule has 0 aromatic rings. The smallest absolute Gasteiger partial charge is 0.178 e. The Balaban J connectivity index is 2.79. The van der Waals surface area contributed by atoms with Gasteiger partial charge in [0.05, 0.1) is 6.61 Å². The molecule has 0 aromatic carbocycles. The Bertz CT molecular complexity index is 378. The van der Waals surface area contributed by atoms with Crippen molar-refractivity contribution >= 4 is 21.7 Å². The van der Waals surface area contributed by atoms with E-state index in [1.807, 2.05) is 18.2 Å². The van der Waals surface area contributed by atoms with Crippen molar-refractivity contribution in [2.24, 2.45) is 5.41 Å². The molecule has 0 aliphatic heterocycles. The number of carbonyl (C=O) groups excluding carboxylic acids is 1. The lowest BCUT2D eigenvalue weighted by molar-refractivity contribution is -0.110. The number of aliphatic hydroxyl groups excluding tert-OH is 1. The van der Waals surface area contributed by atoms with E-state index >= 15 is 0 Å². The number of hydrogen-bond acceptors (Lipinski definition) is 2. The number of halogens is 1. The topological polar surface area (TPSA) is 37.3 Å². The van der Waals surface area contributed by atoms with Crippen molar-refractivity contribution in [3.8, 4) is 10.8 Å². The minimum atomic E-state index is -0.222. The molecule has 16 heavy (non-hydrogen) atoms. The van der Waals surface area contributed by atoms with Crippen LogP contribution < -0.4 is 0 Å². The van der Waals surface area contributed by atoms with Gasteiger partial charge in [-0.05, 0) is 23.4 Å². The van der Waals surface area contributed by atoms with Crippen molar-refractivity contribution in [2.75, 3.05) is 6.61 Å². The van der Waals surface area contributed by atoms with E-state index in [-0.39, 0.29) is 17.8 Å². The van der Waals surface area contributed by atoms with Gasteiger partial charge in [0.2, 0.25) is 0 Å². The van der Waals surface area contributed by atoms with E-state index in [1.165, 1.54) is 0 Å². The molecular formula is C13H13BrO2. The quantitative estimate of drug-likeness (QED) is 0.634. The summed E-state index contributed by atoms with van der Waals surface area (Å²) in [6.45, 7) is 0.0343. The van der Waals surface area contributed by atoms with E-state index in [1.54, 1.807) is 18.2 Å². The highest BCUT2D eigenvalue weighted by atomic mass is 79.9. The van der Waals surface area contributed by atoms with Crippen molar-refractivity contribution in [3.63, 3.8) is 0 Å². The molecule has 0 fully saturated rings. The third-order valence-electron chi connectivity index (χ3n) is 2.41. The van der Waals surface area contributed by atoms with Crippen LogP contribution in [0, 0.1) is 16.2 Å². The molecule has 0 amide bonds. The summed E-state index contributed by atoms with van der Waals surface area (Å²) in [5.41, 5.74) is -0.222. The van der Waals surface area contributed by atoms with E-state index in [4.69, 9.17) is 5.11 Å². The largest absolute Gasteiger partial charge is 0.392 e. The van der Waals surface area contributed by atoms with Gasteiger partial charge in [0.15, 0.2) is 5.78 Å². The molecule has 1 rings (SSSR count). The summed E-state index contributed by atoms with van der Waals surface area (Å²) >= 11 is 3.06. The zero-order valence-corrected chi connectivity index (χ0v) is 10.4. The monoisotopic (exact) mass is 280 g/mol. The fourth-order valence-electron chi connectivity index (χ4n) is 1.51. The van der Waals surface area contributed by atoms with Crippen LogP contribution in [0.5, 0.6) is 0 Å². The zero-order valence-electron chi connectivity index (χ0n) is 8.82. The van der Waals surface area contributed by atoms with Gasteiger partial charge >= 0.3 is 0 Å². The first-order valence-electron chi connectivity index (χ1n) is 4.99. The first kappa shape index (κ1) is 13.0. The Morgan fingerprint density at radius 2 is 2.06 bits per heavy atom. The Hall–Kier alpha value is -1.11. The standard InChI is InChI=1S/C13H13BrO2/c14-10-3-7-13(6-1-2-11-15)8-4-12(16)5-9-13/h1-2,4-5,8-9,15H,6-7,11H2/b2-1-. The first-order chi connectivity index (χ1) is 7.72. The summed E-state index contributed by atoms with van der Waals surface area (Å²) < 4.78 is 0. The third kappa shape index (κ3) is 3.80. The average Bonchev–Trinajstić information content (AvgIpc) is 2.31. The van der Waals surface area contributed by atoms with E-state index < -0.39 is 0 Å². The summed E-state index contributed by atoms with van der Waals surface area (Å²) in [5.74, 6) is 2.96. The normalized spacial score (nSPS) is 17.5. The first-order valence-corrected chi connectivity index (χ1v) is 5.78. The number of allylic oxidation sites excluding steroid dienone is 5. The highest BCUT2D eigenvalue weighted by Crippen LogP contribution is 2.32. The van der Waals surface area contributed by atoms with E-state index in [2.05, 4.69) is 26.7 Å². The van der Waals surface area contributed by atoms with Gasteiger partial charge in [-0.2, -0.15) is 0 Å². The molecule has 0 saturated heterocycles. The Labute approximate surface area is 104 Å². The molecule has 3 heteroatoms. The van der Waals surface area contributed by atoms with Gasteiger partial charge < -0.3 is 5.11 Å². The maximum absolute atomic E-state index is 11.1. The minimum absolute atomic E-state index is 0.00793. The zero-order chi connectivity index (χ0) is 11.9. The predicted octanol–water partition coefficient (Wildman–Crippen LogP) is 2.35. The summed E-state index contributed by atoms with van der Waals surface area (Å²) in [6.07, 6.45) is 11.9. The fourth-order valence-corrected chi connectivity index (χ4v) is 1.65. The highest BCUT2D eigenvalue weighted by Gasteiger charge is 2.24. The lowest BCUT2D eigenvalue weighted by Crippen LogP contribution is -2.17. The second kappa shape index (κ2) is 6.47. The average molecular weight is 281 g/mol. The van der Waals surface area contributed by atoms with Crippen LogP contribution in [0.1, 0.15) is 12.8 Å². The summed E-state index contributed by atoms with van der Waals surface area (Å²) in [6, 6.07) is 0. The molecule has 0 saturated carbocycles. The van der Waals surface area contributed by atoms with E-state index in [9.17, 15) is 4.79 Å². The molecule has 1 aliphatic rings. The predicted molar refractivity (Wildman–Crippen MR) is 67.9 cm³/mol. The molecule has 1 N–H and O–H groups in total. The second-order valence-corrected chi connectivity index (χ2v) is 4.00. The van der Waals surface area contributed by atoms with Gasteiger partial charge in [0.1, 0.15) is 0 Å². The lowest BCUT2D eigenvalue weighted by atomic mass is 9.78. The number of aliphatic hydroxyl groups is 1. The molecule has 0 unspecified atom stereocenters. The summed E-state index contributed by atoms with van der Waals surface area (Å²) in [4.78, 5) is 13.8. The van der Waals surface area contributed by atoms with Crippen LogP contribution in [-0.4, -0.2) is 17.5 Å². The maximum atomic E-state index is 11.1. The van der Waals surface area contributed by atoms with Crippen LogP contribution in [0.3, 0.4) is 0 Å². The van der Waals surface area contributed by atoms with Gasteiger partial charge in [-0.3, -0.25) is 4.79 Å². The molecule has 0 heterocycles. The van der Waals surface area contributed by atoms with Crippen molar-refractivity contribution in [1.82, 2.24) is 0 Å². The molecular weight excluding hydrogens is 268 g/mol. The highest BCUT2D eigenvalue weighted by molar-refractivity contribution is 9.12. The van der Waals surface area contributed by atoms with Crippen molar-refractivity contribution < 1.29 is 9.90 Å². The van der Waals surface area contributed by atoms with E-state index in [0.29, 0.717) is 6.42 Å². The van der Waals surface area contributed by atoms with Crippen molar-refractivity contribution in [3.05, 3.63) is 36.5 Å².